The lowest BCUT2D eigenvalue weighted by molar-refractivity contribution is -0.122. The topological polar surface area (TPSA) is 67.4 Å². The number of benzene rings is 2. The van der Waals surface area contributed by atoms with E-state index >= 15 is 0 Å². The number of rotatable bonds is 8. The highest BCUT2D eigenvalue weighted by Crippen LogP contribution is 2.27. The maximum atomic E-state index is 12.0. The predicted octanol–water partition coefficient (Wildman–Crippen LogP) is 3.42. The molecule has 0 fully saturated rings. The molecule has 3 rings (SSSR count). The van der Waals surface area contributed by atoms with Crippen LogP contribution in [-0.4, -0.2) is 30.7 Å². The number of thioether (sulfide) groups is 1. The van der Waals surface area contributed by atoms with Crippen LogP contribution in [0, 0.1) is 0 Å². The molecule has 5 nitrogen and oxygen atoms in total. The Morgan fingerprint density at radius 3 is 2.59 bits per heavy atom. The molecule has 1 aliphatic carbocycles. The van der Waals surface area contributed by atoms with E-state index in [9.17, 15) is 9.59 Å². The fourth-order valence-corrected chi connectivity index (χ4v) is 3.81. The van der Waals surface area contributed by atoms with Crippen LogP contribution in [0.5, 0.6) is 5.75 Å². The highest BCUT2D eigenvalue weighted by Gasteiger charge is 2.12. The zero-order valence-corrected chi connectivity index (χ0v) is 16.2. The molecule has 27 heavy (non-hydrogen) atoms. The maximum absolute atomic E-state index is 12.0. The van der Waals surface area contributed by atoms with Gasteiger partial charge < -0.3 is 15.4 Å². The molecule has 0 atom stereocenters. The van der Waals surface area contributed by atoms with Crippen molar-refractivity contribution in [3.8, 4) is 5.75 Å². The number of hydrogen-bond acceptors (Lipinski definition) is 4. The third-order valence-electron chi connectivity index (χ3n) is 4.34. The van der Waals surface area contributed by atoms with Gasteiger partial charge in [-0.15, -0.1) is 11.8 Å². The number of carbonyl (C=O) groups is 2. The molecule has 0 aromatic heterocycles. The molecule has 0 saturated carbocycles. The smallest absolute Gasteiger partial charge is 0.243 e. The molecular weight excluding hydrogens is 360 g/mol. The predicted molar refractivity (Wildman–Crippen MR) is 108 cm³/mol. The van der Waals surface area contributed by atoms with Crippen LogP contribution in [0.2, 0.25) is 0 Å². The molecule has 2 aromatic carbocycles. The Labute approximate surface area is 163 Å². The van der Waals surface area contributed by atoms with Crippen LogP contribution in [0.1, 0.15) is 24.5 Å². The van der Waals surface area contributed by atoms with E-state index in [1.807, 2.05) is 6.92 Å². The van der Waals surface area contributed by atoms with Gasteiger partial charge >= 0.3 is 0 Å². The van der Waals surface area contributed by atoms with Gasteiger partial charge in [0.25, 0.3) is 0 Å². The first kappa shape index (κ1) is 19.3. The zero-order valence-electron chi connectivity index (χ0n) is 15.4. The first-order valence-electron chi connectivity index (χ1n) is 9.18. The second-order valence-corrected chi connectivity index (χ2v) is 7.40. The Kier molecular flexibility index (Phi) is 6.76. The van der Waals surface area contributed by atoms with E-state index in [1.54, 1.807) is 24.3 Å². The molecule has 0 spiro atoms. The van der Waals surface area contributed by atoms with E-state index in [1.165, 1.54) is 29.3 Å². The first-order chi connectivity index (χ1) is 13.1. The molecule has 0 bridgehead atoms. The fraction of sp³-hybridized carbons (Fsp3) is 0.333. The summed E-state index contributed by atoms with van der Waals surface area (Å²) in [5.41, 5.74) is 3.50. The van der Waals surface area contributed by atoms with Gasteiger partial charge in [-0.3, -0.25) is 9.59 Å². The van der Waals surface area contributed by atoms with Crippen LogP contribution in [-0.2, 0) is 22.4 Å². The highest BCUT2D eigenvalue weighted by atomic mass is 32.2. The van der Waals surface area contributed by atoms with Crippen molar-refractivity contribution >= 4 is 29.3 Å². The Morgan fingerprint density at radius 2 is 1.81 bits per heavy atom. The summed E-state index contributed by atoms with van der Waals surface area (Å²) in [6.45, 7) is 2.47. The van der Waals surface area contributed by atoms with E-state index in [2.05, 4.69) is 28.8 Å². The number of anilines is 1. The molecule has 0 unspecified atom stereocenters. The Bertz CT molecular complexity index is 806. The average Bonchev–Trinajstić information content (AvgIpc) is 3.14. The molecule has 0 aliphatic heterocycles. The molecule has 1 aliphatic rings. The first-order valence-corrected chi connectivity index (χ1v) is 10.2. The molecule has 0 radical (unpaired) electrons. The molecular formula is C21H24N2O3S. The summed E-state index contributed by atoms with van der Waals surface area (Å²) in [7, 11) is 0. The largest absolute Gasteiger partial charge is 0.494 e. The van der Waals surface area contributed by atoms with Gasteiger partial charge in [-0.2, -0.15) is 0 Å². The minimum Gasteiger partial charge on any atom is -0.494 e. The maximum Gasteiger partial charge on any atom is 0.243 e. The van der Waals surface area contributed by atoms with Crippen LogP contribution in [0.4, 0.5) is 5.69 Å². The molecule has 0 heterocycles. The van der Waals surface area contributed by atoms with Crippen LogP contribution >= 0.6 is 11.8 Å². The standard InChI is InChI=1S/C21H24N2O3S/c1-2-26-18-9-7-17(8-10-18)23-20(24)13-22-21(25)14-27-19-11-6-15-4-3-5-16(15)12-19/h6-12H,2-5,13-14H2,1H3,(H,22,25)(H,23,24). The van der Waals surface area contributed by atoms with Gasteiger partial charge in [-0.1, -0.05) is 6.07 Å². The quantitative estimate of drug-likeness (QED) is 0.685. The average molecular weight is 385 g/mol. The van der Waals surface area contributed by atoms with Crippen LogP contribution in [0.15, 0.2) is 47.4 Å². The molecule has 142 valence electrons. The van der Waals surface area contributed by atoms with E-state index in [0.29, 0.717) is 18.0 Å². The van der Waals surface area contributed by atoms with Gasteiger partial charge in [-0.25, -0.2) is 0 Å². The number of carbonyl (C=O) groups excluding carboxylic acids is 2. The fourth-order valence-electron chi connectivity index (χ4n) is 3.02. The summed E-state index contributed by atoms with van der Waals surface area (Å²) in [5, 5.41) is 5.41. The van der Waals surface area contributed by atoms with Crippen molar-refractivity contribution in [1.82, 2.24) is 5.32 Å². The highest BCUT2D eigenvalue weighted by molar-refractivity contribution is 8.00. The van der Waals surface area contributed by atoms with Crippen molar-refractivity contribution < 1.29 is 14.3 Å². The normalized spacial score (nSPS) is 12.3. The summed E-state index contributed by atoms with van der Waals surface area (Å²) >= 11 is 1.50. The summed E-state index contributed by atoms with van der Waals surface area (Å²) in [6, 6.07) is 13.5. The lowest BCUT2D eigenvalue weighted by Gasteiger charge is -2.08. The summed E-state index contributed by atoms with van der Waals surface area (Å²) in [6.07, 6.45) is 3.50. The Morgan fingerprint density at radius 1 is 1.04 bits per heavy atom. The van der Waals surface area contributed by atoms with Crippen molar-refractivity contribution in [2.75, 3.05) is 24.2 Å². The van der Waals surface area contributed by atoms with E-state index in [-0.39, 0.29) is 18.4 Å². The SMILES string of the molecule is CCOc1ccc(NC(=O)CNC(=O)CSc2ccc3c(c2)CCC3)cc1. The molecule has 0 saturated heterocycles. The van der Waals surface area contributed by atoms with Gasteiger partial charge in [0.05, 0.1) is 18.9 Å². The van der Waals surface area contributed by atoms with Gasteiger partial charge in [-0.05, 0) is 73.7 Å². The van der Waals surface area contributed by atoms with Crippen LogP contribution < -0.4 is 15.4 Å². The second-order valence-electron chi connectivity index (χ2n) is 6.36. The number of fused-ring (bicyclic) bond motifs is 1. The van der Waals surface area contributed by atoms with E-state index in [4.69, 9.17) is 4.74 Å². The number of aryl methyl sites for hydroxylation is 2. The van der Waals surface area contributed by atoms with E-state index in [0.717, 1.165) is 23.5 Å². The number of nitrogens with one attached hydrogen (secondary N) is 2. The third-order valence-corrected chi connectivity index (χ3v) is 5.33. The zero-order chi connectivity index (χ0) is 19.1. The third kappa shape index (κ3) is 5.76. The van der Waals surface area contributed by atoms with Crippen LogP contribution in [0.3, 0.4) is 0 Å². The summed E-state index contributed by atoms with van der Waals surface area (Å²) in [5.74, 6) is 0.652. The van der Waals surface area contributed by atoms with Crippen molar-refractivity contribution in [1.29, 1.82) is 0 Å². The van der Waals surface area contributed by atoms with Crippen molar-refractivity contribution in [3.63, 3.8) is 0 Å². The Balaban J connectivity index is 1.38. The van der Waals surface area contributed by atoms with E-state index < -0.39 is 0 Å². The molecule has 2 amide bonds. The minimum atomic E-state index is -0.255. The van der Waals surface area contributed by atoms with Gasteiger partial charge in [0.2, 0.25) is 11.8 Å². The second kappa shape index (κ2) is 9.46. The summed E-state index contributed by atoms with van der Waals surface area (Å²) < 4.78 is 5.36. The van der Waals surface area contributed by atoms with Crippen molar-refractivity contribution in [2.24, 2.45) is 0 Å². The van der Waals surface area contributed by atoms with Crippen LogP contribution in [0.25, 0.3) is 0 Å². The monoisotopic (exact) mass is 384 g/mol. The van der Waals surface area contributed by atoms with Gasteiger partial charge in [0.15, 0.2) is 0 Å². The van der Waals surface area contributed by atoms with Gasteiger partial charge in [0.1, 0.15) is 5.75 Å². The lowest BCUT2D eigenvalue weighted by Crippen LogP contribution is -2.33. The summed E-state index contributed by atoms with van der Waals surface area (Å²) in [4.78, 5) is 25.1. The number of hydrogen-bond donors (Lipinski definition) is 2. The minimum absolute atomic E-state index is 0.0448. The lowest BCUT2D eigenvalue weighted by atomic mass is 10.1. The Hall–Kier alpha value is -2.47. The van der Waals surface area contributed by atoms with Crippen molar-refractivity contribution in [3.05, 3.63) is 53.6 Å². The van der Waals surface area contributed by atoms with Gasteiger partial charge in [0, 0.05) is 10.6 Å². The van der Waals surface area contributed by atoms with Crippen molar-refractivity contribution in [2.45, 2.75) is 31.1 Å². The number of amides is 2. The molecule has 6 heteroatoms. The molecule has 2 aromatic rings. The number of ether oxygens (including phenoxy) is 1. The molecule has 2 N–H and O–H groups in total.